The molecule has 3 rings (SSSR count). The number of carbonyl (C=O) groups excluding carboxylic acids is 2. The number of benzene rings is 2. The van der Waals surface area contributed by atoms with Crippen LogP contribution in [0.2, 0.25) is 0 Å². The Hall–Kier alpha value is -3.41. The summed E-state index contributed by atoms with van der Waals surface area (Å²) in [5, 5.41) is 2.84. The first-order chi connectivity index (χ1) is 13.6. The van der Waals surface area contributed by atoms with Gasteiger partial charge in [-0.25, -0.2) is 4.98 Å². The fraction of sp³-hybridized carbons (Fsp3) is 0.227. The van der Waals surface area contributed by atoms with Crippen LogP contribution >= 0.6 is 0 Å². The number of ether oxygens (including phenoxy) is 1. The number of hydrogen-bond acceptors (Lipinski definition) is 4. The summed E-state index contributed by atoms with van der Waals surface area (Å²) in [6.45, 7) is 2.96. The first-order valence-electron chi connectivity index (χ1n) is 9.20. The van der Waals surface area contributed by atoms with Crippen LogP contribution in [0.15, 0.2) is 67.3 Å². The van der Waals surface area contributed by atoms with E-state index in [1.54, 1.807) is 36.8 Å². The number of imidazole rings is 1. The van der Waals surface area contributed by atoms with Crippen LogP contribution < -0.4 is 10.1 Å². The van der Waals surface area contributed by atoms with Gasteiger partial charge in [0, 0.05) is 37.5 Å². The van der Waals surface area contributed by atoms with Gasteiger partial charge < -0.3 is 14.6 Å². The van der Waals surface area contributed by atoms with Crippen LogP contribution in [-0.2, 0) is 17.9 Å². The normalized spacial score (nSPS) is 10.5. The third-order valence-electron chi connectivity index (χ3n) is 4.30. The molecule has 0 saturated heterocycles. The van der Waals surface area contributed by atoms with Gasteiger partial charge in [-0.1, -0.05) is 31.2 Å². The highest BCUT2D eigenvalue weighted by molar-refractivity contribution is 5.95. The van der Waals surface area contributed by atoms with E-state index < -0.39 is 0 Å². The van der Waals surface area contributed by atoms with E-state index in [0.717, 1.165) is 12.1 Å². The summed E-state index contributed by atoms with van der Waals surface area (Å²) in [5.74, 6) is 0.447. The lowest BCUT2D eigenvalue weighted by molar-refractivity contribution is -0.123. The molecule has 0 spiro atoms. The molecule has 6 heteroatoms. The topological polar surface area (TPSA) is 73.2 Å². The molecule has 1 N–H and O–H groups in total. The molecule has 3 aromatic rings. The molecular formula is C22H23N3O3. The van der Waals surface area contributed by atoms with Gasteiger partial charge in [-0.05, 0) is 35.4 Å². The maximum Gasteiger partial charge on any atom is 0.258 e. The van der Waals surface area contributed by atoms with E-state index >= 15 is 0 Å². The van der Waals surface area contributed by atoms with Crippen molar-refractivity contribution in [2.75, 3.05) is 6.61 Å². The van der Waals surface area contributed by atoms with E-state index in [9.17, 15) is 9.59 Å². The summed E-state index contributed by atoms with van der Waals surface area (Å²) in [6, 6.07) is 14.9. The molecule has 144 valence electrons. The van der Waals surface area contributed by atoms with Crippen LogP contribution in [-0.4, -0.2) is 27.8 Å². The van der Waals surface area contributed by atoms with E-state index in [1.165, 1.54) is 5.56 Å². The molecule has 2 aromatic carbocycles. The first kappa shape index (κ1) is 19.4. The highest BCUT2D eigenvalue weighted by Crippen LogP contribution is 2.13. The first-order valence-corrected chi connectivity index (χ1v) is 9.20. The van der Waals surface area contributed by atoms with Gasteiger partial charge in [0.1, 0.15) is 5.75 Å². The van der Waals surface area contributed by atoms with Crippen molar-refractivity contribution < 1.29 is 14.3 Å². The third-order valence-corrected chi connectivity index (χ3v) is 4.30. The van der Waals surface area contributed by atoms with Gasteiger partial charge in [0.25, 0.3) is 5.91 Å². The zero-order chi connectivity index (χ0) is 19.8. The minimum atomic E-state index is -0.198. The number of hydrogen-bond donors (Lipinski definition) is 1. The Morgan fingerprint density at radius 3 is 2.39 bits per heavy atom. The molecule has 0 fully saturated rings. The number of amides is 1. The van der Waals surface area contributed by atoms with Gasteiger partial charge in [-0.15, -0.1) is 0 Å². The molecule has 0 saturated carbocycles. The van der Waals surface area contributed by atoms with Crippen molar-refractivity contribution in [2.45, 2.75) is 26.4 Å². The SMILES string of the molecule is CCC(=O)c1ccc(OCC(=O)NCc2ccc(Cn3ccnc3)cc2)cc1. The number of rotatable bonds is 9. The van der Waals surface area contributed by atoms with Crippen molar-refractivity contribution in [3.05, 3.63) is 83.9 Å². The van der Waals surface area contributed by atoms with Crippen molar-refractivity contribution in [3.8, 4) is 5.75 Å². The molecule has 0 radical (unpaired) electrons. The van der Waals surface area contributed by atoms with Gasteiger partial charge >= 0.3 is 0 Å². The number of Topliss-reactive ketones (excluding diaryl/α,β-unsaturated/α-hetero) is 1. The number of aromatic nitrogens is 2. The quantitative estimate of drug-likeness (QED) is 0.581. The fourth-order valence-electron chi connectivity index (χ4n) is 2.70. The van der Waals surface area contributed by atoms with Crippen molar-refractivity contribution in [2.24, 2.45) is 0 Å². The summed E-state index contributed by atoms with van der Waals surface area (Å²) >= 11 is 0. The second kappa shape index (κ2) is 9.50. The van der Waals surface area contributed by atoms with Crippen molar-refractivity contribution in [3.63, 3.8) is 0 Å². The second-order valence-corrected chi connectivity index (χ2v) is 6.42. The highest BCUT2D eigenvalue weighted by atomic mass is 16.5. The molecule has 0 aliphatic carbocycles. The van der Waals surface area contributed by atoms with E-state index in [1.807, 2.05) is 42.0 Å². The maximum absolute atomic E-state index is 12.0. The number of nitrogens with zero attached hydrogens (tertiary/aromatic N) is 2. The van der Waals surface area contributed by atoms with E-state index in [4.69, 9.17) is 4.74 Å². The van der Waals surface area contributed by atoms with Gasteiger partial charge in [0.2, 0.25) is 0 Å². The standard InChI is InChI=1S/C22H23N3O3/c1-2-21(26)19-7-9-20(10-8-19)28-15-22(27)24-13-17-3-5-18(6-4-17)14-25-12-11-23-16-25/h3-12,16H,2,13-15H2,1H3,(H,24,27). The molecule has 0 atom stereocenters. The predicted octanol–water partition coefficient (Wildman–Crippen LogP) is 3.22. The molecule has 0 aliphatic heterocycles. The second-order valence-electron chi connectivity index (χ2n) is 6.42. The minimum Gasteiger partial charge on any atom is -0.484 e. The molecular weight excluding hydrogens is 354 g/mol. The van der Waals surface area contributed by atoms with Crippen LogP contribution in [0.4, 0.5) is 0 Å². The molecule has 0 bridgehead atoms. The molecule has 1 amide bonds. The Morgan fingerprint density at radius 1 is 1.04 bits per heavy atom. The fourth-order valence-corrected chi connectivity index (χ4v) is 2.70. The molecule has 28 heavy (non-hydrogen) atoms. The molecule has 6 nitrogen and oxygen atoms in total. The summed E-state index contributed by atoms with van der Waals surface area (Å²) < 4.78 is 7.47. The average molecular weight is 377 g/mol. The predicted molar refractivity (Wildman–Crippen MR) is 106 cm³/mol. The van der Waals surface area contributed by atoms with Gasteiger partial charge in [-0.2, -0.15) is 0 Å². The zero-order valence-corrected chi connectivity index (χ0v) is 15.8. The van der Waals surface area contributed by atoms with Crippen LogP contribution in [0.1, 0.15) is 34.8 Å². The maximum atomic E-state index is 12.0. The zero-order valence-electron chi connectivity index (χ0n) is 15.8. The lowest BCUT2D eigenvalue weighted by atomic mass is 10.1. The summed E-state index contributed by atoms with van der Waals surface area (Å²) in [7, 11) is 0. The monoisotopic (exact) mass is 377 g/mol. The van der Waals surface area contributed by atoms with Crippen LogP contribution in [0, 0.1) is 0 Å². The van der Waals surface area contributed by atoms with Gasteiger partial charge in [0.05, 0.1) is 6.33 Å². The molecule has 1 heterocycles. The largest absolute Gasteiger partial charge is 0.484 e. The minimum absolute atomic E-state index is 0.0697. The molecule has 0 unspecified atom stereocenters. The Balaban J connectivity index is 1.42. The van der Waals surface area contributed by atoms with Crippen molar-refractivity contribution in [1.82, 2.24) is 14.9 Å². The molecule has 0 aliphatic rings. The van der Waals surface area contributed by atoms with E-state index in [-0.39, 0.29) is 18.3 Å². The van der Waals surface area contributed by atoms with Gasteiger partial charge in [0.15, 0.2) is 12.4 Å². The van der Waals surface area contributed by atoms with Crippen LogP contribution in [0.25, 0.3) is 0 Å². The lowest BCUT2D eigenvalue weighted by Gasteiger charge is -2.09. The van der Waals surface area contributed by atoms with E-state index in [2.05, 4.69) is 10.3 Å². The highest BCUT2D eigenvalue weighted by Gasteiger charge is 2.06. The molecule has 1 aromatic heterocycles. The number of carbonyl (C=O) groups is 2. The summed E-state index contributed by atoms with van der Waals surface area (Å²) in [4.78, 5) is 27.6. The Bertz CT molecular complexity index is 901. The average Bonchev–Trinajstić information content (AvgIpc) is 3.24. The van der Waals surface area contributed by atoms with Crippen molar-refractivity contribution in [1.29, 1.82) is 0 Å². The van der Waals surface area contributed by atoms with Crippen LogP contribution in [0.5, 0.6) is 5.75 Å². The smallest absolute Gasteiger partial charge is 0.258 e. The van der Waals surface area contributed by atoms with E-state index in [0.29, 0.717) is 24.3 Å². The summed E-state index contributed by atoms with van der Waals surface area (Å²) in [5.41, 5.74) is 2.84. The number of nitrogens with one attached hydrogen (secondary N) is 1. The Morgan fingerprint density at radius 2 is 1.75 bits per heavy atom. The lowest BCUT2D eigenvalue weighted by Crippen LogP contribution is -2.28. The third kappa shape index (κ3) is 5.54. The van der Waals surface area contributed by atoms with Crippen molar-refractivity contribution >= 4 is 11.7 Å². The Labute approximate surface area is 164 Å². The number of ketones is 1. The van der Waals surface area contributed by atoms with Crippen LogP contribution in [0.3, 0.4) is 0 Å². The summed E-state index contributed by atoms with van der Waals surface area (Å²) in [6.07, 6.45) is 5.92. The van der Waals surface area contributed by atoms with Gasteiger partial charge in [-0.3, -0.25) is 9.59 Å². The Kier molecular flexibility index (Phi) is 6.57.